The molecular formula is C23H27F2NO2. The minimum Gasteiger partial charge on any atom is -0.486 e. The molecule has 2 aromatic carbocycles. The van der Waals surface area contributed by atoms with Crippen LogP contribution in [0.5, 0.6) is 5.75 Å². The second-order valence-corrected chi connectivity index (χ2v) is 8.10. The van der Waals surface area contributed by atoms with Crippen molar-refractivity contribution in [1.82, 2.24) is 5.32 Å². The molecule has 2 aliphatic rings. The van der Waals surface area contributed by atoms with Gasteiger partial charge in [0.05, 0.1) is 0 Å². The van der Waals surface area contributed by atoms with E-state index in [0.29, 0.717) is 17.5 Å². The fourth-order valence-electron chi connectivity index (χ4n) is 4.28. The number of nitrogens with one attached hydrogen (secondary N) is 1. The summed E-state index contributed by atoms with van der Waals surface area (Å²) in [5.74, 6) is -0.535. The van der Waals surface area contributed by atoms with Crippen LogP contribution in [0.2, 0.25) is 0 Å². The molecule has 0 spiro atoms. The Kier molecular flexibility index (Phi) is 5.93. The molecule has 0 radical (unpaired) electrons. The summed E-state index contributed by atoms with van der Waals surface area (Å²) >= 11 is 0. The largest absolute Gasteiger partial charge is 0.486 e. The summed E-state index contributed by atoms with van der Waals surface area (Å²) < 4.78 is 34.1. The molecule has 28 heavy (non-hydrogen) atoms. The fourth-order valence-corrected chi connectivity index (χ4v) is 4.28. The van der Waals surface area contributed by atoms with Crippen LogP contribution in [0.15, 0.2) is 42.5 Å². The normalized spacial score (nSPS) is 26.8. The first-order chi connectivity index (χ1) is 13.6. The Balaban J connectivity index is 1.41. The number of aliphatic hydroxyl groups is 1. The van der Waals surface area contributed by atoms with Crippen LogP contribution >= 0.6 is 0 Å². The number of halogens is 2. The molecule has 0 saturated heterocycles. The second-order valence-electron chi connectivity index (χ2n) is 8.10. The molecule has 0 heterocycles. The molecule has 5 heteroatoms. The van der Waals surface area contributed by atoms with Crippen LogP contribution in [0, 0.1) is 17.6 Å². The number of hydrogen-bond donors (Lipinski definition) is 2. The zero-order chi connectivity index (χ0) is 19.5. The van der Waals surface area contributed by atoms with Gasteiger partial charge in [0.2, 0.25) is 0 Å². The predicted molar refractivity (Wildman–Crippen MR) is 104 cm³/mol. The average molecular weight is 387 g/mol. The molecule has 0 amide bonds. The standard InChI is InChI=1S/C23H27F2NO2/c24-17-10-20(19-12-22(19)26-18-8-6-15(13-27)7-9-18)23(21(25)11-17)28-14-16-4-2-1-3-5-16/h1-5,10-11,15,18-19,22,26-27H,6-9,12-14H2. The van der Waals surface area contributed by atoms with Crippen LogP contribution < -0.4 is 10.1 Å². The smallest absolute Gasteiger partial charge is 0.168 e. The highest BCUT2D eigenvalue weighted by atomic mass is 19.1. The third-order valence-electron chi connectivity index (χ3n) is 6.01. The van der Waals surface area contributed by atoms with Crippen molar-refractivity contribution in [2.75, 3.05) is 6.61 Å². The molecule has 3 nitrogen and oxygen atoms in total. The Morgan fingerprint density at radius 2 is 1.79 bits per heavy atom. The van der Waals surface area contributed by atoms with Gasteiger partial charge in [0, 0.05) is 36.2 Å². The maximum absolute atomic E-state index is 14.5. The van der Waals surface area contributed by atoms with Crippen molar-refractivity contribution >= 4 is 0 Å². The summed E-state index contributed by atoms with van der Waals surface area (Å²) in [7, 11) is 0. The molecule has 0 bridgehead atoms. The van der Waals surface area contributed by atoms with Gasteiger partial charge in [-0.05, 0) is 49.7 Å². The monoisotopic (exact) mass is 387 g/mol. The lowest BCUT2D eigenvalue weighted by Gasteiger charge is -2.28. The van der Waals surface area contributed by atoms with E-state index < -0.39 is 11.6 Å². The van der Waals surface area contributed by atoms with Crippen molar-refractivity contribution in [2.24, 2.45) is 5.92 Å². The fraction of sp³-hybridized carbons (Fsp3) is 0.478. The highest BCUT2D eigenvalue weighted by Gasteiger charge is 2.42. The van der Waals surface area contributed by atoms with Crippen molar-refractivity contribution in [1.29, 1.82) is 0 Å². The minimum atomic E-state index is -0.639. The Morgan fingerprint density at radius 1 is 1.04 bits per heavy atom. The van der Waals surface area contributed by atoms with Gasteiger partial charge in [0.25, 0.3) is 0 Å². The molecule has 150 valence electrons. The number of ether oxygens (including phenoxy) is 1. The molecule has 0 aliphatic heterocycles. The lowest BCUT2D eigenvalue weighted by molar-refractivity contribution is 0.175. The van der Waals surface area contributed by atoms with E-state index in [9.17, 15) is 13.9 Å². The van der Waals surface area contributed by atoms with E-state index >= 15 is 0 Å². The maximum Gasteiger partial charge on any atom is 0.168 e. The molecule has 2 N–H and O–H groups in total. The van der Waals surface area contributed by atoms with Gasteiger partial charge in [0.1, 0.15) is 12.4 Å². The first-order valence-corrected chi connectivity index (χ1v) is 10.2. The van der Waals surface area contributed by atoms with Crippen LogP contribution in [0.1, 0.15) is 49.1 Å². The zero-order valence-corrected chi connectivity index (χ0v) is 15.9. The Bertz CT molecular complexity index is 791. The number of aliphatic hydroxyl groups excluding tert-OH is 1. The first-order valence-electron chi connectivity index (χ1n) is 10.2. The van der Waals surface area contributed by atoms with Crippen molar-refractivity contribution in [2.45, 2.75) is 56.7 Å². The molecular weight excluding hydrogens is 360 g/mol. The van der Waals surface area contributed by atoms with Crippen molar-refractivity contribution in [3.8, 4) is 5.75 Å². The molecule has 2 aromatic rings. The highest BCUT2D eigenvalue weighted by Crippen LogP contribution is 2.47. The molecule has 4 rings (SSSR count). The van der Waals surface area contributed by atoms with Gasteiger partial charge in [-0.2, -0.15) is 0 Å². The number of hydrogen-bond acceptors (Lipinski definition) is 3. The summed E-state index contributed by atoms with van der Waals surface area (Å²) in [6.07, 6.45) is 5.02. The maximum atomic E-state index is 14.5. The molecule has 2 saturated carbocycles. The summed E-state index contributed by atoms with van der Waals surface area (Å²) in [6.45, 7) is 0.524. The Labute approximate surface area is 164 Å². The molecule has 0 aromatic heterocycles. The lowest BCUT2D eigenvalue weighted by atomic mass is 9.86. The zero-order valence-electron chi connectivity index (χ0n) is 15.9. The molecule has 2 unspecified atom stereocenters. The first kappa shape index (κ1) is 19.3. The van der Waals surface area contributed by atoms with E-state index in [-0.39, 0.29) is 30.9 Å². The summed E-state index contributed by atoms with van der Waals surface area (Å²) in [5, 5.41) is 12.9. The summed E-state index contributed by atoms with van der Waals surface area (Å²) in [5.41, 5.74) is 1.57. The van der Waals surface area contributed by atoms with E-state index in [1.54, 1.807) is 0 Å². The minimum absolute atomic E-state index is 0.0755. The van der Waals surface area contributed by atoms with Crippen LogP contribution in [0.4, 0.5) is 8.78 Å². The van der Waals surface area contributed by atoms with Gasteiger partial charge in [-0.3, -0.25) is 0 Å². The molecule has 2 atom stereocenters. The second kappa shape index (κ2) is 8.58. The van der Waals surface area contributed by atoms with Crippen molar-refractivity contribution in [3.63, 3.8) is 0 Å². The summed E-state index contributed by atoms with van der Waals surface area (Å²) in [6, 6.07) is 12.5. The van der Waals surface area contributed by atoms with Crippen molar-refractivity contribution in [3.05, 3.63) is 65.2 Å². The van der Waals surface area contributed by atoms with E-state index in [4.69, 9.17) is 4.74 Å². The molecule has 2 fully saturated rings. The predicted octanol–water partition coefficient (Wildman–Crippen LogP) is 4.54. The van der Waals surface area contributed by atoms with Gasteiger partial charge in [-0.1, -0.05) is 30.3 Å². The Hall–Kier alpha value is -1.98. The van der Waals surface area contributed by atoms with Crippen LogP contribution in [-0.2, 0) is 6.61 Å². The number of benzene rings is 2. The third-order valence-corrected chi connectivity index (χ3v) is 6.01. The van der Waals surface area contributed by atoms with Gasteiger partial charge in [-0.25, -0.2) is 8.78 Å². The molecule has 2 aliphatic carbocycles. The Morgan fingerprint density at radius 3 is 2.50 bits per heavy atom. The van der Waals surface area contributed by atoms with E-state index in [0.717, 1.165) is 43.7 Å². The van der Waals surface area contributed by atoms with Crippen LogP contribution in [-0.4, -0.2) is 23.8 Å². The lowest BCUT2D eigenvalue weighted by Crippen LogP contribution is -2.35. The third kappa shape index (κ3) is 4.53. The highest BCUT2D eigenvalue weighted by molar-refractivity contribution is 5.42. The topological polar surface area (TPSA) is 41.5 Å². The van der Waals surface area contributed by atoms with Gasteiger partial charge < -0.3 is 15.2 Å². The van der Waals surface area contributed by atoms with Gasteiger partial charge >= 0.3 is 0 Å². The van der Waals surface area contributed by atoms with Gasteiger partial charge in [-0.15, -0.1) is 0 Å². The van der Waals surface area contributed by atoms with Crippen LogP contribution in [0.25, 0.3) is 0 Å². The van der Waals surface area contributed by atoms with Gasteiger partial charge in [0.15, 0.2) is 11.6 Å². The quantitative estimate of drug-likeness (QED) is 0.733. The number of rotatable bonds is 7. The van der Waals surface area contributed by atoms with E-state index in [1.165, 1.54) is 6.07 Å². The van der Waals surface area contributed by atoms with Crippen molar-refractivity contribution < 1.29 is 18.6 Å². The average Bonchev–Trinajstić information content (AvgIpc) is 3.47. The van der Waals surface area contributed by atoms with E-state index in [2.05, 4.69) is 5.32 Å². The summed E-state index contributed by atoms with van der Waals surface area (Å²) in [4.78, 5) is 0. The van der Waals surface area contributed by atoms with Crippen LogP contribution in [0.3, 0.4) is 0 Å². The SMILES string of the molecule is OCC1CCC(NC2CC2c2cc(F)cc(F)c2OCc2ccccc2)CC1. The van der Waals surface area contributed by atoms with E-state index in [1.807, 2.05) is 30.3 Å².